The Morgan fingerprint density at radius 2 is 2.07 bits per heavy atom. The molecular weight excluding hydrogens is 168 g/mol. The van der Waals surface area contributed by atoms with E-state index in [9.17, 15) is 0 Å². The van der Waals surface area contributed by atoms with Crippen LogP contribution in [0.1, 0.15) is 52.4 Å². The van der Waals surface area contributed by atoms with Crippen molar-refractivity contribution < 1.29 is 0 Å². The van der Waals surface area contributed by atoms with Crippen LogP contribution in [0.5, 0.6) is 0 Å². The molecule has 14 heavy (non-hydrogen) atoms. The van der Waals surface area contributed by atoms with Crippen molar-refractivity contribution in [2.24, 2.45) is 23.7 Å². The van der Waals surface area contributed by atoms with Crippen molar-refractivity contribution in [3.05, 3.63) is 12.2 Å². The highest BCUT2D eigenvalue weighted by atomic mass is 14.5. The van der Waals surface area contributed by atoms with E-state index in [4.69, 9.17) is 0 Å². The van der Waals surface area contributed by atoms with E-state index < -0.39 is 0 Å². The van der Waals surface area contributed by atoms with Crippen molar-refractivity contribution >= 4 is 0 Å². The van der Waals surface area contributed by atoms with Crippen LogP contribution in [0.4, 0.5) is 0 Å². The first-order valence-electron chi connectivity index (χ1n) is 6.47. The van der Waals surface area contributed by atoms with Gasteiger partial charge >= 0.3 is 0 Å². The molecule has 0 N–H and O–H groups in total. The average molecular weight is 192 g/mol. The van der Waals surface area contributed by atoms with Gasteiger partial charge in [0, 0.05) is 0 Å². The lowest BCUT2D eigenvalue weighted by Crippen LogP contribution is -2.48. The number of hydrogen-bond acceptors (Lipinski definition) is 0. The SMILES string of the molecule is C=C1CCCC2C(CC)C(CCC)C12. The summed E-state index contributed by atoms with van der Waals surface area (Å²) in [7, 11) is 0. The van der Waals surface area contributed by atoms with E-state index in [0.29, 0.717) is 0 Å². The summed E-state index contributed by atoms with van der Waals surface area (Å²) in [6.45, 7) is 9.00. The Kier molecular flexibility index (Phi) is 2.99. The van der Waals surface area contributed by atoms with Gasteiger partial charge in [-0.2, -0.15) is 0 Å². The van der Waals surface area contributed by atoms with Crippen LogP contribution in [0, 0.1) is 23.7 Å². The molecule has 0 bridgehead atoms. The summed E-state index contributed by atoms with van der Waals surface area (Å²) in [4.78, 5) is 0. The maximum Gasteiger partial charge on any atom is -0.0144 e. The van der Waals surface area contributed by atoms with Crippen LogP contribution in [-0.4, -0.2) is 0 Å². The maximum absolute atomic E-state index is 4.30. The molecule has 80 valence electrons. The average Bonchev–Trinajstić information content (AvgIpc) is 2.15. The van der Waals surface area contributed by atoms with Crippen LogP contribution >= 0.6 is 0 Å². The Hall–Kier alpha value is -0.260. The van der Waals surface area contributed by atoms with Gasteiger partial charge in [-0.25, -0.2) is 0 Å². The molecular formula is C14H24. The molecule has 0 heterocycles. The van der Waals surface area contributed by atoms with E-state index in [1.807, 2.05) is 0 Å². The molecule has 2 fully saturated rings. The number of allylic oxidation sites excluding steroid dienone is 1. The van der Waals surface area contributed by atoms with Gasteiger partial charge in [-0.3, -0.25) is 0 Å². The molecule has 0 radical (unpaired) electrons. The van der Waals surface area contributed by atoms with Crippen LogP contribution in [0.25, 0.3) is 0 Å². The van der Waals surface area contributed by atoms with Crippen LogP contribution in [0.3, 0.4) is 0 Å². The summed E-state index contributed by atoms with van der Waals surface area (Å²) in [5.41, 5.74) is 1.59. The second-order valence-electron chi connectivity index (χ2n) is 5.26. The molecule has 2 aliphatic carbocycles. The molecule has 0 aromatic rings. The third kappa shape index (κ3) is 1.43. The first-order valence-corrected chi connectivity index (χ1v) is 6.47. The molecule has 0 aromatic carbocycles. The summed E-state index contributed by atoms with van der Waals surface area (Å²) in [5, 5.41) is 0. The zero-order chi connectivity index (χ0) is 10.1. The quantitative estimate of drug-likeness (QED) is 0.581. The smallest absolute Gasteiger partial charge is 0.0144 e. The van der Waals surface area contributed by atoms with Crippen molar-refractivity contribution in [1.29, 1.82) is 0 Å². The second kappa shape index (κ2) is 4.08. The standard InChI is InChI=1S/C14H24/c1-4-7-12-11(5-2)13-9-6-8-10(3)14(12)13/h11-14H,3-9H2,1-2H3. The summed E-state index contributed by atoms with van der Waals surface area (Å²) < 4.78 is 0. The minimum atomic E-state index is 0.925. The summed E-state index contributed by atoms with van der Waals surface area (Å²) in [6, 6.07) is 0. The van der Waals surface area contributed by atoms with E-state index in [1.165, 1.54) is 38.5 Å². The highest BCUT2D eigenvalue weighted by molar-refractivity contribution is 5.16. The van der Waals surface area contributed by atoms with Crippen molar-refractivity contribution in [2.75, 3.05) is 0 Å². The molecule has 2 rings (SSSR count). The minimum absolute atomic E-state index is 0.925. The Morgan fingerprint density at radius 3 is 2.71 bits per heavy atom. The van der Waals surface area contributed by atoms with Crippen molar-refractivity contribution in [2.45, 2.75) is 52.4 Å². The zero-order valence-corrected chi connectivity index (χ0v) is 9.76. The molecule has 0 aliphatic heterocycles. The van der Waals surface area contributed by atoms with Gasteiger partial charge in [-0.15, -0.1) is 0 Å². The Bertz CT molecular complexity index is 216. The predicted molar refractivity (Wildman–Crippen MR) is 62.2 cm³/mol. The van der Waals surface area contributed by atoms with Crippen LogP contribution in [0.2, 0.25) is 0 Å². The number of rotatable bonds is 3. The predicted octanol–water partition coefficient (Wildman–Crippen LogP) is 4.42. The van der Waals surface area contributed by atoms with E-state index in [1.54, 1.807) is 5.57 Å². The number of hydrogen-bond donors (Lipinski definition) is 0. The van der Waals surface area contributed by atoms with Gasteiger partial charge in [0.1, 0.15) is 0 Å². The van der Waals surface area contributed by atoms with Crippen molar-refractivity contribution in [1.82, 2.24) is 0 Å². The fourth-order valence-corrected chi connectivity index (χ4v) is 4.09. The van der Waals surface area contributed by atoms with E-state index in [2.05, 4.69) is 20.4 Å². The van der Waals surface area contributed by atoms with Gasteiger partial charge in [-0.05, 0) is 49.4 Å². The van der Waals surface area contributed by atoms with Crippen LogP contribution in [0.15, 0.2) is 12.2 Å². The van der Waals surface area contributed by atoms with Crippen LogP contribution in [-0.2, 0) is 0 Å². The maximum atomic E-state index is 4.30. The summed E-state index contributed by atoms with van der Waals surface area (Å²) in [5.74, 6) is 3.99. The molecule has 4 unspecified atom stereocenters. The molecule has 0 spiro atoms. The lowest BCUT2D eigenvalue weighted by Gasteiger charge is -2.56. The molecule has 0 nitrogen and oxygen atoms in total. The first-order chi connectivity index (χ1) is 6.79. The van der Waals surface area contributed by atoms with Gasteiger partial charge in [0.15, 0.2) is 0 Å². The molecule has 0 heteroatoms. The zero-order valence-electron chi connectivity index (χ0n) is 9.76. The minimum Gasteiger partial charge on any atom is -0.0996 e. The van der Waals surface area contributed by atoms with E-state index >= 15 is 0 Å². The van der Waals surface area contributed by atoms with Gasteiger partial charge in [0.05, 0.1) is 0 Å². The lowest BCUT2D eigenvalue weighted by atomic mass is 9.49. The molecule has 4 atom stereocenters. The summed E-state index contributed by atoms with van der Waals surface area (Å²) in [6.07, 6.45) is 8.42. The van der Waals surface area contributed by atoms with E-state index in [-0.39, 0.29) is 0 Å². The lowest BCUT2D eigenvalue weighted by molar-refractivity contribution is -0.0275. The van der Waals surface area contributed by atoms with Gasteiger partial charge in [-0.1, -0.05) is 38.8 Å². The van der Waals surface area contributed by atoms with Gasteiger partial charge in [0.2, 0.25) is 0 Å². The largest absolute Gasteiger partial charge is 0.0996 e. The highest BCUT2D eigenvalue weighted by Gasteiger charge is 2.50. The van der Waals surface area contributed by atoms with E-state index in [0.717, 1.165) is 23.7 Å². The molecule has 0 saturated heterocycles. The van der Waals surface area contributed by atoms with Crippen molar-refractivity contribution in [3.63, 3.8) is 0 Å². The Balaban J connectivity index is 2.05. The normalized spacial score (nSPS) is 41.7. The molecule has 2 aliphatic rings. The Labute approximate surface area is 88.8 Å². The third-order valence-corrected chi connectivity index (χ3v) is 4.62. The molecule has 2 saturated carbocycles. The highest BCUT2D eigenvalue weighted by Crippen LogP contribution is 2.57. The summed E-state index contributed by atoms with van der Waals surface area (Å²) >= 11 is 0. The molecule has 0 amide bonds. The van der Waals surface area contributed by atoms with Crippen molar-refractivity contribution in [3.8, 4) is 0 Å². The second-order valence-corrected chi connectivity index (χ2v) is 5.26. The third-order valence-electron chi connectivity index (χ3n) is 4.62. The van der Waals surface area contributed by atoms with Gasteiger partial charge < -0.3 is 0 Å². The molecule has 0 aromatic heterocycles. The first kappa shape index (κ1) is 10.3. The number of fused-ring (bicyclic) bond motifs is 1. The Morgan fingerprint density at radius 1 is 1.29 bits per heavy atom. The fourth-order valence-electron chi connectivity index (χ4n) is 4.09. The monoisotopic (exact) mass is 192 g/mol. The fraction of sp³-hybridized carbons (Fsp3) is 0.857. The van der Waals surface area contributed by atoms with Gasteiger partial charge in [0.25, 0.3) is 0 Å². The topological polar surface area (TPSA) is 0 Å². The van der Waals surface area contributed by atoms with Crippen LogP contribution < -0.4 is 0 Å².